The van der Waals surface area contributed by atoms with E-state index in [9.17, 15) is 13.6 Å². The maximum Gasteiger partial charge on any atom is 0.210 e. The molecule has 1 unspecified atom stereocenters. The van der Waals surface area contributed by atoms with Gasteiger partial charge in [0.25, 0.3) is 0 Å². The van der Waals surface area contributed by atoms with Gasteiger partial charge in [0.1, 0.15) is 0 Å². The molecule has 0 aliphatic rings. The van der Waals surface area contributed by atoms with Crippen LogP contribution in [0.2, 0.25) is 0 Å². The van der Waals surface area contributed by atoms with Crippen molar-refractivity contribution in [2.24, 2.45) is 5.92 Å². The molecule has 0 heterocycles. The van der Waals surface area contributed by atoms with Crippen LogP contribution in [0.4, 0.5) is 8.78 Å². The van der Waals surface area contributed by atoms with Gasteiger partial charge in [-0.15, -0.1) is 0 Å². The molecule has 16 heavy (non-hydrogen) atoms. The van der Waals surface area contributed by atoms with Gasteiger partial charge in [0, 0.05) is 0 Å². The number of hydrogen-bond donors (Lipinski definition) is 0. The molecular weight excluding hydrogens is 209 g/mol. The van der Waals surface area contributed by atoms with Gasteiger partial charge in [-0.25, -0.2) is 8.78 Å². The Bertz CT molecular complexity index is 391. The summed E-state index contributed by atoms with van der Waals surface area (Å²) >= 11 is 0. The van der Waals surface area contributed by atoms with Gasteiger partial charge in [0.15, 0.2) is 11.6 Å². The Morgan fingerprint density at radius 1 is 1.25 bits per heavy atom. The molecule has 1 rings (SSSR count). The van der Waals surface area contributed by atoms with Crippen molar-refractivity contribution in [3.8, 4) is 0 Å². The largest absolute Gasteiger partial charge is 0.312 e. The van der Waals surface area contributed by atoms with E-state index in [0.29, 0.717) is 5.56 Å². The van der Waals surface area contributed by atoms with Gasteiger partial charge in [-0.1, -0.05) is 19.9 Å². The zero-order chi connectivity index (χ0) is 12.3. The number of halogens is 2. The van der Waals surface area contributed by atoms with E-state index in [1.54, 1.807) is 0 Å². The van der Waals surface area contributed by atoms with Gasteiger partial charge in [-0.05, 0) is 36.4 Å². The quantitative estimate of drug-likeness (QED) is 0.717. The molecule has 0 aliphatic carbocycles. The zero-order valence-corrected chi connectivity index (χ0v) is 9.63. The van der Waals surface area contributed by atoms with Crippen molar-refractivity contribution in [2.45, 2.75) is 26.6 Å². The summed E-state index contributed by atoms with van der Waals surface area (Å²) < 4.78 is 25.8. The minimum atomic E-state index is -0.875. The van der Waals surface area contributed by atoms with Gasteiger partial charge < -0.3 is 4.79 Å². The average molecular weight is 223 g/mol. The summed E-state index contributed by atoms with van der Waals surface area (Å²) in [5.41, 5.74) is 0.563. The van der Waals surface area contributed by atoms with Crippen LogP contribution in [0.15, 0.2) is 18.2 Å². The summed E-state index contributed by atoms with van der Waals surface area (Å²) in [6.07, 6.45) is 0. The predicted octanol–water partition coefficient (Wildman–Crippen LogP) is 2.91. The Morgan fingerprint density at radius 2 is 1.88 bits per heavy atom. The van der Waals surface area contributed by atoms with Gasteiger partial charge in [-0.2, -0.15) is 0 Å². The summed E-state index contributed by atoms with van der Waals surface area (Å²) in [7, 11) is 1.54. The smallest absolute Gasteiger partial charge is 0.210 e. The molecule has 1 aromatic carbocycles. The van der Waals surface area contributed by atoms with E-state index in [1.807, 2.05) is 13.8 Å². The fourth-order valence-electron chi connectivity index (χ4n) is 1.65. The molecule has 0 saturated carbocycles. The van der Waals surface area contributed by atoms with Crippen LogP contribution in [-0.4, -0.2) is 13.0 Å². The third-order valence-electron chi connectivity index (χ3n) is 2.46. The van der Waals surface area contributed by atoms with Crippen LogP contribution in [0.3, 0.4) is 0 Å². The van der Waals surface area contributed by atoms with E-state index >= 15 is 0 Å². The Kier molecular flexibility index (Phi) is 4.22. The fourth-order valence-corrected chi connectivity index (χ4v) is 1.65. The number of hydrogen-bond acceptors (Lipinski definition) is 1. The number of rotatable bonds is 4. The number of carbonyl (C=O) groups excluding carboxylic acids is 1. The maximum atomic E-state index is 13.1. The highest BCUT2D eigenvalue weighted by Crippen LogP contribution is 2.24. The number of carbonyl (C=O) groups is 1. The standard InChI is InChI=1S/C12H14BF2O/c1-7(2)12(13-8(3)16)9-4-5-10(14)11(15)6-9/h4-7,12H,1-3H3. The summed E-state index contributed by atoms with van der Waals surface area (Å²) in [5.74, 6) is -1.75. The molecule has 85 valence electrons. The fraction of sp³-hybridized carbons (Fsp3) is 0.417. The third-order valence-corrected chi connectivity index (χ3v) is 2.46. The minimum Gasteiger partial charge on any atom is -0.312 e. The molecule has 0 aliphatic heterocycles. The molecule has 0 amide bonds. The first-order valence-electron chi connectivity index (χ1n) is 5.22. The second-order valence-electron chi connectivity index (χ2n) is 4.22. The summed E-state index contributed by atoms with van der Waals surface area (Å²) in [5, 5.41) is 0. The number of benzene rings is 1. The summed E-state index contributed by atoms with van der Waals surface area (Å²) in [4.78, 5) is 11.1. The topological polar surface area (TPSA) is 17.1 Å². The molecule has 0 aromatic heterocycles. The molecule has 1 aromatic rings. The summed E-state index contributed by atoms with van der Waals surface area (Å²) in [6, 6.07) is 3.76. The molecular formula is C12H14BF2O. The highest BCUT2D eigenvalue weighted by Gasteiger charge is 2.20. The van der Waals surface area contributed by atoms with Crippen molar-refractivity contribution < 1.29 is 13.6 Å². The highest BCUT2D eigenvalue weighted by molar-refractivity contribution is 6.74. The van der Waals surface area contributed by atoms with Crippen LogP contribution in [0.5, 0.6) is 0 Å². The van der Waals surface area contributed by atoms with E-state index < -0.39 is 11.6 Å². The van der Waals surface area contributed by atoms with E-state index in [2.05, 4.69) is 0 Å². The molecule has 1 atom stereocenters. The van der Waals surface area contributed by atoms with Crippen LogP contribution >= 0.6 is 0 Å². The highest BCUT2D eigenvalue weighted by atomic mass is 19.2. The SMILES string of the molecule is CC(=O)[B]C(c1ccc(F)c(F)c1)C(C)C. The second kappa shape index (κ2) is 5.24. The Balaban J connectivity index is 3.01. The first kappa shape index (κ1) is 12.9. The Labute approximate surface area is 95.1 Å². The average Bonchev–Trinajstić information content (AvgIpc) is 2.18. The maximum absolute atomic E-state index is 13.1. The van der Waals surface area contributed by atoms with Crippen LogP contribution in [0.25, 0.3) is 0 Å². The molecule has 0 spiro atoms. The Hall–Kier alpha value is -1.19. The van der Waals surface area contributed by atoms with E-state index in [0.717, 1.165) is 12.1 Å². The first-order chi connectivity index (χ1) is 7.41. The monoisotopic (exact) mass is 223 g/mol. The normalized spacial score (nSPS) is 12.6. The molecule has 0 fully saturated rings. The second-order valence-corrected chi connectivity index (χ2v) is 4.22. The van der Waals surface area contributed by atoms with Crippen molar-refractivity contribution >= 4 is 13.0 Å². The molecule has 0 bridgehead atoms. The van der Waals surface area contributed by atoms with E-state index in [4.69, 9.17) is 0 Å². The zero-order valence-electron chi connectivity index (χ0n) is 9.63. The van der Waals surface area contributed by atoms with Crippen LogP contribution in [0.1, 0.15) is 32.2 Å². The van der Waals surface area contributed by atoms with Gasteiger partial charge in [-0.3, -0.25) is 0 Å². The van der Waals surface area contributed by atoms with Gasteiger partial charge in [0.05, 0.1) is 5.68 Å². The van der Waals surface area contributed by atoms with Gasteiger partial charge >= 0.3 is 0 Å². The lowest BCUT2D eigenvalue weighted by Crippen LogP contribution is -2.20. The van der Waals surface area contributed by atoms with Crippen molar-refractivity contribution in [1.29, 1.82) is 0 Å². The first-order valence-corrected chi connectivity index (χ1v) is 5.22. The Morgan fingerprint density at radius 3 is 2.31 bits per heavy atom. The van der Waals surface area contributed by atoms with Crippen LogP contribution < -0.4 is 0 Å². The molecule has 0 N–H and O–H groups in total. The van der Waals surface area contributed by atoms with E-state index in [-0.39, 0.29) is 17.4 Å². The van der Waals surface area contributed by atoms with Gasteiger partial charge in [0.2, 0.25) is 7.28 Å². The van der Waals surface area contributed by atoms with Crippen molar-refractivity contribution in [1.82, 2.24) is 0 Å². The minimum absolute atomic E-state index is 0.0663. The van der Waals surface area contributed by atoms with Crippen molar-refractivity contribution in [3.63, 3.8) is 0 Å². The third kappa shape index (κ3) is 3.15. The lowest BCUT2D eigenvalue weighted by atomic mass is 9.55. The van der Waals surface area contributed by atoms with E-state index in [1.165, 1.54) is 20.3 Å². The van der Waals surface area contributed by atoms with Crippen LogP contribution in [0, 0.1) is 17.6 Å². The molecule has 0 saturated heterocycles. The van der Waals surface area contributed by atoms with Crippen molar-refractivity contribution in [2.75, 3.05) is 0 Å². The predicted molar refractivity (Wildman–Crippen MR) is 60.4 cm³/mol. The molecule has 1 radical (unpaired) electrons. The van der Waals surface area contributed by atoms with Crippen molar-refractivity contribution in [3.05, 3.63) is 35.4 Å². The lowest BCUT2D eigenvalue weighted by Gasteiger charge is -2.19. The summed E-state index contributed by atoms with van der Waals surface area (Å²) in [6.45, 7) is 5.33. The molecule has 1 nitrogen and oxygen atoms in total. The van der Waals surface area contributed by atoms with Crippen LogP contribution in [-0.2, 0) is 4.79 Å². The lowest BCUT2D eigenvalue weighted by molar-refractivity contribution is -0.110. The molecule has 4 heteroatoms.